The van der Waals surface area contributed by atoms with E-state index < -0.39 is 17.9 Å². The zero-order chi connectivity index (χ0) is 11.7. The summed E-state index contributed by atoms with van der Waals surface area (Å²) in [5.74, 6) is -1.58. The number of benzene rings is 1. The van der Waals surface area contributed by atoms with Crippen LogP contribution in [0.1, 0.15) is 11.7 Å². The summed E-state index contributed by atoms with van der Waals surface area (Å²) in [6, 6.07) is 4.05. The minimum absolute atomic E-state index is 0.127. The number of esters is 1. The monoisotopic (exact) mass is 224 g/mol. The number of methoxy groups -OCH3 is 1. The summed E-state index contributed by atoms with van der Waals surface area (Å²) in [7, 11) is 1.12. The van der Waals surface area contributed by atoms with Crippen LogP contribution in [0.2, 0.25) is 0 Å². The molecule has 0 aliphatic heterocycles. The Morgan fingerprint density at radius 3 is 2.94 bits per heavy atom. The molecule has 2 aromatic rings. The highest BCUT2D eigenvalue weighted by molar-refractivity contribution is 5.87. The number of fused-ring (bicyclic) bond motifs is 1. The summed E-state index contributed by atoms with van der Waals surface area (Å²) in [4.78, 5) is 11.2. The number of carbonyl (C=O) groups excluding carboxylic acids is 1. The normalized spacial score (nSPS) is 12.7. The van der Waals surface area contributed by atoms with E-state index in [-0.39, 0.29) is 5.56 Å². The highest BCUT2D eigenvalue weighted by Crippen LogP contribution is 2.28. The molecular weight excluding hydrogens is 215 g/mol. The van der Waals surface area contributed by atoms with Gasteiger partial charge < -0.3 is 14.3 Å². The minimum Gasteiger partial charge on any atom is -0.467 e. The summed E-state index contributed by atoms with van der Waals surface area (Å²) in [6.45, 7) is 0. The smallest absolute Gasteiger partial charge is 0.339 e. The van der Waals surface area contributed by atoms with Gasteiger partial charge in [-0.15, -0.1) is 0 Å². The van der Waals surface area contributed by atoms with Crippen molar-refractivity contribution in [2.24, 2.45) is 0 Å². The zero-order valence-electron chi connectivity index (χ0n) is 8.44. The van der Waals surface area contributed by atoms with Crippen molar-refractivity contribution >= 4 is 16.9 Å². The molecule has 1 heterocycles. The first-order valence-corrected chi connectivity index (χ1v) is 4.56. The summed E-state index contributed by atoms with van der Waals surface area (Å²) in [5, 5.41) is 9.99. The molecule has 1 atom stereocenters. The Labute approximate surface area is 90.2 Å². The number of aliphatic hydroxyl groups is 1. The van der Waals surface area contributed by atoms with Gasteiger partial charge in [0.25, 0.3) is 0 Å². The van der Waals surface area contributed by atoms with E-state index in [0.29, 0.717) is 11.0 Å². The Bertz CT molecular complexity index is 532. The first kappa shape index (κ1) is 10.6. The van der Waals surface area contributed by atoms with E-state index in [1.54, 1.807) is 0 Å². The van der Waals surface area contributed by atoms with Gasteiger partial charge in [-0.05, 0) is 18.2 Å². The van der Waals surface area contributed by atoms with Crippen molar-refractivity contribution in [3.05, 3.63) is 35.8 Å². The molecule has 0 saturated heterocycles. The minimum atomic E-state index is -1.65. The lowest BCUT2D eigenvalue weighted by Gasteiger charge is -2.10. The number of ether oxygens (including phenoxy) is 1. The number of hydrogen-bond donors (Lipinski definition) is 1. The maximum Gasteiger partial charge on any atom is 0.339 e. The van der Waals surface area contributed by atoms with Gasteiger partial charge >= 0.3 is 5.97 Å². The molecule has 0 aliphatic rings. The highest BCUT2D eigenvalue weighted by atomic mass is 19.1. The summed E-state index contributed by atoms with van der Waals surface area (Å²) in [6.07, 6.45) is -0.288. The third-order valence-corrected chi connectivity index (χ3v) is 2.32. The predicted molar refractivity (Wildman–Crippen MR) is 53.1 cm³/mol. The Morgan fingerprint density at radius 1 is 1.50 bits per heavy atom. The van der Waals surface area contributed by atoms with Gasteiger partial charge in [0.15, 0.2) is 6.10 Å². The summed E-state index contributed by atoms with van der Waals surface area (Å²) in [5.41, 5.74) is 0.275. The Morgan fingerprint density at radius 2 is 2.25 bits per heavy atom. The van der Waals surface area contributed by atoms with Crippen LogP contribution in [-0.4, -0.2) is 18.2 Å². The molecule has 1 aromatic carbocycles. The molecule has 2 rings (SSSR count). The van der Waals surface area contributed by atoms with Gasteiger partial charge in [-0.25, -0.2) is 9.18 Å². The van der Waals surface area contributed by atoms with Crippen LogP contribution in [-0.2, 0) is 9.53 Å². The first-order chi connectivity index (χ1) is 7.65. The van der Waals surface area contributed by atoms with Gasteiger partial charge in [-0.3, -0.25) is 0 Å². The van der Waals surface area contributed by atoms with Gasteiger partial charge in [0.1, 0.15) is 11.4 Å². The average molecular weight is 224 g/mol. The molecule has 0 saturated carbocycles. The second-order valence-corrected chi connectivity index (χ2v) is 3.22. The van der Waals surface area contributed by atoms with E-state index >= 15 is 0 Å². The molecule has 0 aliphatic carbocycles. The number of aliphatic hydroxyl groups excluding tert-OH is 1. The third-order valence-electron chi connectivity index (χ3n) is 2.32. The molecule has 0 amide bonds. The van der Waals surface area contributed by atoms with E-state index in [1.807, 2.05) is 0 Å². The molecule has 4 nitrogen and oxygen atoms in total. The standard InChI is InChI=1S/C11H9FO4/c1-15-11(14)10(13)9-6-4-5-16-8(6)3-2-7(9)12/h2-5,10,13H,1H3. The van der Waals surface area contributed by atoms with Crippen molar-refractivity contribution in [2.75, 3.05) is 7.11 Å². The largest absolute Gasteiger partial charge is 0.467 e. The van der Waals surface area contributed by atoms with Crippen LogP contribution >= 0.6 is 0 Å². The fourth-order valence-electron chi connectivity index (χ4n) is 1.55. The molecule has 5 heteroatoms. The SMILES string of the molecule is COC(=O)C(O)c1c(F)ccc2occc12. The Kier molecular flexibility index (Phi) is 2.62. The fraction of sp³-hybridized carbons (Fsp3) is 0.182. The maximum atomic E-state index is 13.5. The second kappa shape index (κ2) is 3.94. The molecule has 16 heavy (non-hydrogen) atoms. The van der Waals surface area contributed by atoms with Crippen LogP contribution in [0.3, 0.4) is 0 Å². The molecule has 1 unspecified atom stereocenters. The van der Waals surface area contributed by atoms with Gasteiger partial charge in [-0.1, -0.05) is 0 Å². The van der Waals surface area contributed by atoms with E-state index in [4.69, 9.17) is 4.42 Å². The van der Waals surface area contributed by atoms with Gasteiger partial charge in [0, 0.05) is 10.9 Å². The molecule has 0 spiro atoms. The second-order valence-electron chi connectivity index (χ2n) is 3.22. The van der Waals surface area contributed by atoms with Gasteiger partial charge in [-0.2, -0.15) is 0 Å². The van der Waals surface area contributed by atoms with Crippen molar-refractivity contribution in [1.29, 1.82) is 0 Å². The van der Waals surface area contributed by atoms with Crippen LogP contribution in [0, 0.1) is 5.82 Å². The molecule has 0 bridgehead atoms. The zero-order valence-corrected chi connectivity index (χ0v) is 8.44. The predicted octanol–water partition coefficient (Wildman–Crippen LogP) is 1.78. The fourth-order valence-corrected chi connectivity index (χ4v) is 1.55. The number of halogens is 1. The lowest BCUT2D eigenvalue weighted by molar-refractivity contribution is -0.150. The lowest BCUT2D eigenvalue weighted by Crippen LogP contribution is -2.15. The molecule has 0 radical (unpaired) electrons. The molecular formula is C11H9FO4. The van der Waals surface area contributed by atoms with Gasteiger partial charge in [0.05, 0.1) is 13.4 Å². The van der Waals surface area contributed by atoms with E-state index in [1.165, 1.54) is 18.4 Å². The average Bonchev–Trinajstić information content (AvgIpc) is 2.75. The maximum absolute atomic E-state index is 13.5. The lowest BCUT2D eigenvalue weighted by atomic mass is 10.0. The van der Waals surface area contributed by atoms with Crippen molar-refractivity contribution in [1.82, 2.24) is 0 Å². The summed E-state index contributed by atoms with van der Waals surface area (Å²) < 4.78 is 22.9. The van der Waals surface area contributed by atoms with Crippen molar-refractivity contribution in [3.63, 3.8) is 0 Å². The van der Waals surface area contributed by atoms with Crippen LogP contribution < -0.4 is 0 Å². The van der Waals surface area contributed by atoms with Crippen LogP contribution in [0.5, 0.6) is 0 Å². The number of carbonyl (C=O) groups is 1. The van der Waals surface area contributed by atoms with Crippen molar-refractivity contribution < 1.29 is 23.4 Å². The topological polar surface area (TPSA) is 59.7 Å². The van der Waals surface area contributed by atoms with E-state index in [0.717, 1.165) is 13.2 Å². The third kappa shape index (κ3) is 1.55. The van der Waals surface area contributed by atoms with Gasteiger partial charge in [0.2, 0.25) is 0 Å². The van der Waals surface area contributed by atoms with Crippen LogP contribution in [0.15, 0.2) is 28.9 Å². The molecule has 84 valence electrons. The highest BCUT2D eigenvalue weighted by Gasteiger charge is 2.24. The van der Waals surface area contributed by atoms with Crippen LogP contribution in [0.4, 0.5) is 4.39 Å². The van der Waals surface area contributed by atoms with Crippen molar-refractivity contribution in [3.8, 4) is 0 Å². The first-order valence-electron chi connectivity index (χ1n) is 4.56. The van der Waals surface area contributed by atoms with Crippen molar-refractivity contribution in [2.45, 2.75) is 6.10 Å². The van der Waals surface area contributed by atoms with Crippen LogP contribution in [0.25, 0.3) is 11.0 Å². The van der Waals surface area contributed by atoms with E-state index in [2.05, 4.69) is 4.74 Å². The Balaban J connectivity index is 2.61. The van der Waals surface area contributed by atoms with E-state index in [9.17, 15) is 14.3 Å². The number of hydrogen-bond acceptors (Lipinski definition) is 4. The summed E-state index contributed by atoms with van der Waals surface area (Å²) >= 11 is 0. The number of rotatable bonds is 2. The molecule has 1 N–H and O–H groups in total. The quantitative estimate of drug-likeness (QED) is 0.790. The molecule has 1 aromatic heterocycles. The number of furan rings is 1. The Hall–Kier alpha value is -1.88. The molecule has 0 fully saturated rings.